The molecular weight excluding hydrogens is 273 g/mol. The van der Waals surface area contributed by atoms with Crippen LogP contribution in [0.3, 0.4) is 0 Å². The van der Waals surface area contributed by atoms with Gasteiger partial charge in [-0.3, -0.25) is 0 Å². The zero-order valence-electron chi connectivity index (χ0n) is 10.1. The van der Waals surface area contributed by atoms with Crippen LogP contribution in [0.15, 0.2) is 18.2 Å². The molecule has 0 aliphatic carbocycles. The number of halogens is 2. The summed E-state index contributed by atoms with van der Waals surface area (Å²) in [6.07, 6.45) is 0. The minimum absolute atomic E-state index is 0.101. The third-order valence-electron chi connectivity index (χ3n) is 2.50. The highest BCUT2D eigenvalue weighted by atomic mass is 35.5. The van der Waals surface area contributed by atoms with Crippen LogP contribution < -0.4 is 5.32 Å². The topological polar surface area (TPSA) is 37.8 Å². The number of nitrogens with one attached hydrogen (secondary N) is 1. The number of benzene rings is 1. The van der Waals surface area contributed by atoms with Crippen molar-refractivity contribution in [1.29, 1.82) is 0 Å². The summed E-state index contributed by atoms with van der Waals surface area (Å²) in [6.45, 7) is 4.87. The van der Waals surface area contributed by atoms with Crippen molar-refractivity contribution in [3.05, 3.63) is 34.0 Å². The van der Waals surface area contributed by atoms with E-state index in [1.807, 2.05) is 13.8 Å². The number of rotatable bonds is 4. The van der Waals surface area contributed by atoms with E-state index in [-0.39, 0.29) is 11.1 Å². The van der Waals surface area contributed by atoms with Gasteiger partial charge in [0.05, 0.1) is 11.1 Å². The molecule has 0 spiro atoms. The molecule has 1 unspecified atom stereocenters. The van der Waals surface area contributed by atoms with Gasteiger partial charge >= 0.3 is 0 Å². The summed E-state index contributed by atoms with van der Waals surface area (Å²) in [5, 5.41) is 12.8. The maximum atomic E-state index is 13.8. The van der Waals surface area contributed by atoms with Crippen molar-refractivity contribution in [2.45, 2.75) is 19.9 Å². The van der Waals surface area contributed by atoms with Gasteiger partial charge < -0.3 is 5.32 Å². The highest BCUT2D eigenvalue weighted by Crippen LogP contribution is 2.31. The third-order valence-corrected chi connectivity index (χ3v) is 3.93. The predicted octanol–water partition coefficient (Wildman–Crippen LogP) is 3.67. The molecule has 96 valence electrons. The van der Waals surface area contributed by atoms with Crippen LogP contribution in [0.2, 0.25) is 5.02 Å². The van der Waals surface area contributed by atoms with Crippen LogP contribution in [-0.4, -0.2) is 16.7 Å². The first-order valence-electron chi connectivity index (χ1n) is 5.64. The molecule has 2 aromatic rings. The van der Waals surface area contributed by atoms with Crippen LogP contribution in [0.4, 0.5) is 4.39 Å². The molecule has 1 N–H and O–H groups in total. The molecule has 18 heavy (non-hydrogen) atoms. The van der Waals surface area contributed by atoms with Gasteiger partial charge in [0.15, 0.2) is 10.8 Å². The van der Waals surface area contributed by atoms with E-state index in [0.717, 1.165) is 11.6 Å². The molecule has 0 aliphatic heterocycles. The Morgan fingerprint density at radius 1 is 1.44 bits per heavy atom. The van der Waals surface area contributed by atoms with Gasteiger partial charge in [0.1, 0.15) is 5.01 Å². The van der Waals surface area contributed by atoms with Crippen LogP contribution in [-0.2, 0) is 0 Å². The summed E-state index contributed by atoms with van der Waals surface area (Å²) in [6, 6.07) is 4.99. The molecule has 1 aromatic heterocycles. The molecule has 1 atom stereocenters. The molecule has 0 bridgehead atoms. The van der Waals surface area contributed by atoms with Crippen molar-refractivity contribution in [3.63, 3.8) is 0 Å². The molecule has 0 aliphatic rings. The minimum Gasteiger partial charge on any atom is -0.308 e. The third kappa shape index (κ3) is 2.68. The highest BCUT2D eigenvalue weighted by molar-refractivity contribution is 7.14. The summed E-state index contributed by atoms with van der Waals surface area (Å²) in [5.41, 5.74) is 0.398. The lowest BCUT2D eigenvalue weighted by Crippen LogP contribution is -2.17. The smallest absolute Gasteiger partial charge is 0.152 e. The Morgan fingerprint density at radius 3 is 2.94 bits per heavy atom. The van der Waals surface area contributed by atoms with Crippen molar-refractivity contribution >= 4 is 22.9 Å². The number of aromatic nitrogens is 2. The van der Waals surface area contributed by atoms with Gasteiger partial charge in [-0.25, -0.2) is 4.39 Å². The molecule has 1 aromatic carbocycles. The largest absolute Gasteiger partial charge is 0.308 e. The van der Waals surface area contributed by atoms with Gasteiger partial charge in [0.2, 0.25) is 0 Å². The Labute approximate surface area is 114 Å². The van der Waals surface area contributed by atoms with E-state index in [4.69, 9.17) is 11.6 Å². The Bertz CT molecular complexity index is 544. The van der Waals surface area contributed by atoms with E-state index in [2.05, 4.69) is 15.5 Å². The lowest BCUT2D eigenvalue weighted by atomic mass is 10.2. The summed E-state index contributed by atoms with van der Waals surface area (Å²) in [5.74, 6) is -0.446. The molecular formula is C12H13ClFN3S. The van der Waals surface area contributed by atoms with Gasteiger partial charge in [-0.05, 0) is 25.6 Å². The second-order valence-electron chi connectivity index (χ2n) is 3.83. The maximum Gasteiger partial charge on any atom is 0.152 e. The second-order valence-corrected chi connectivity index (χ2v) is 5.24. The molecule has 3 nitrogen and oxygen atoms in total. The standard InChI is InChI=1S/C12H13ClFN3S/c1-3-15-7(2)11-16-17-12(18-11)8-5-4-6-9(13)10(8)14/h4-7,15H,3H2,1-2H3. The molecule has 1 heterocycles. The fourth-order valence-corrected chi connectivity index (χ4v) is 2.64. The lowest BCUT2D eigenvalue weighted by Gasteiger charge is -2.06. The van der Waals surface area contributed by atoms with E-state index < -0.39 is 5.82 Å². The average molecular weight is 286 g/mol. The van der Waals surface area contributed by atoms with E-state index in [1.54, 1.807) is 12.1 Å². The van der Waals surface area contributed by atoms with Crippen molar-refractivity contribution in [1.82, 2.24) is 15.5 Å². The van der Waals surface area contributed by atoms with E-state index in [9.17, 15) is 4.39 Å². The fraction of sp³-hybridized carbons (Fsp3) is 0.333. The van der Waals surface area contributed by atoms with E-state index in [0.29, 0.717) is 10.6 Å². The number of hydrogen-bond acceptors (Lipinski definition) is 4. The van der Waals surface area contributed by atoms with Gasteiger partial charge in [0, 0.05) is 5.56 Å². The maximum absolute atomic E-state index is 13.8. The fourth-order valence-electron chi connectivity index (χ4n) is 1.58. The normalized spacial score (nSPS) is 12.7. The number of hydrogen-bond donors (Lipinski definition) is 1. The molecule has 0 radical (unpaired) electrons. The van der Waals surface area contributed by atoms with Crippen LogP contribution in [0.1, 0.15) is 24.9 Å². The van der Waals surface area contributed by atoms with Crippen LogP contribution >= 0.6 is 22.9 Å². The summed E-state index contributed by atoms with van der Waals surface area (Å²) in [4.78, 5) is 0. The minimum atomic E-state index is -0.446. The number of nitrogens with zero attached hydrogens (tertiary/aromatic N) is 2. The quantitative estimate of drug-likeness (QED) is 0.931. The van der Waals surface area contributed by atoms with Gasteiger partial charge in [-0.1, -0.05) is 35.9 Å². The molecule has 0 saturated heterocycles. The first-order valence-corrected chi connectivity index (χ1v) is 6.84. The summed E-state index contributed by atoms with van der Waals surface area (Å²) in [7, 11) is 0. The lowest BCUT2D eigenvalue weighted by molar-refractivity contribution is 0.590. The monoisotopic (exact) mass is 285 g/mol. The zero-order valence-corrected chi connectivity index (χ0v) is 11.6. The van der Waals surface area contributed by atoms with Crippen molar-refractivity contribution < 1.29 is 4.39 Å². The van der Waals surface area contributed by atoms with Crippen LogP contribution in [0.5, 0.6) is 0 Å². The first-order chi connectivity index (χ1) is 8.63. The van der Waals surface area contributed by atoms with Gasteiger partial charge in [0.25, 0.3) is 0 Å². The van der Waals surface area contributed by atoms with Crippen LogP contribution in [0.25, 0.3) is 10.6 Å². The second kappa shape index (κ2) is 5.73. The summed E-state index contributed by atoms with van der Waals surface area (Å²) < 4.78 is 13.8. The first kappa shape index (κ1) is 13.4. The highest BCUT2D eigenvalue weighted by Gasteiger charge is 2.15. The van der Waals surface area contributed by atoms with Crippen molar-refractivity contribution in [3.8, 4) is 10.6 Å². The Hall–Kier alpha value is -1.04. The van der Waals surface area contributed by atoms with E-state index >= 15 is 0 Å². The van der Waals surface area contributed by atoms with Gasteiger partial charge in [-0.2, -0.15) is 0 Å². The van der Waals surface area contributed by atoms with Gasteiger partial charge in [-0.15, -0.1) is 10.2 Å². The SMILES string of the molecule is CCNC(C)c1nnc(-c2cccc(Cl)c2F)s1. The average Bonchev–Trinajstić information content (AvgIpc) is 2.82. The molecule has 0 amide bonds. The predicted molar refractivity (Wildman–Crippen MR) is 72.4 cm³/mol. The zero-order chi connectivity index (χ0) is 13.1. The molecule has 0 saturated carbocycles. The van der Waals surface area contributed by atoms with Crippen LogP contribution in [0, 0.1) is 5.82 Å². The Kier molecular flexibility index (Phi) is 4.27. The van der Waals surface area contributed by atoms with Crippen molar-refractivity contribution in [2.75, 3.05) is 6.54 Å². The molecule has 2 rings (SSSR count). The molecule has 6 heteroatoms. The Morgan fingerprint density at radius 2 is 2.22 bits per heavy atom. The van der Waals surface area contributed by atoms with E-state index in [1.165, 1.54) is 17.4 Å². The molecule has 0 fully saturated rings. The summed E-state index contributed by atoms with van der Waals surface area (Å²) >= 11 is 7.13. The Balaban J connectivity index is 2.32. The van der Waals surface area contributed by atoms with Crippen molar-refractivity contribution in [2.24, 2.45) is 0 Å².